The highest BCUT2D eigenvalue weighted by atomic mass is 35.5. The van der Waals surface area contributed by atoms with Gasteiger partial charge in [-0.1, -0.05) is 23.4 Å². The average molecular weight is 241 g/mol. The molecule has 0 bridgehead atoms. The lowest BCUT2D eigenvalue weighted by Crippen LogP contribution is -2.34. The van der Waals surface area contributed by atoms with Crippen LogP contribution in [0.15, 0.2) is 17.3 Å². The summed E-state index contributed by atoms with van der Waals surface area (Å²) in [5, 5.41) is 2.55. The molecule has 0 radical (unpaired) electrons. The Hall–Kier alpha value is -0.870. The Bertz CT molecular complexity index is 528. The maximum absolute atomic E-state index is 5.88. The molecule has 2 heterocycles. The molecule has 78 valence electrons. The largest absolute Gasteiger partial charge is 0.296 e. The lowest BCUT2D eigenvalue weighted by atomic mass is 10.3. The Kier molecular flexibility index (Phi) is 2.80. The molecule has 0 unspecified atom stereocenters. The Balaban J connectivity index is 2.90. The molecule has 0 aliphatic heterocycles. The number of pyridine rings is 1. The molecule has 3 nitrogen and oxygen atoms in total. The number of hydrogen-bond donors (Lipinski definition) is 0. The molecule has 15 heavy (non-hydrogen) atoms. The van der Waals surface area contributed by atoms with E-state index in [0.717, 1.165) is 21.8 Å². The molecule has 0 fully saturated rings. The Morgan fingerprint density at radius 1 is 1.47 bits per heavy atom. The number of hydrogen-bond acceptors (Lipinski definition) is 3. The number of aryl methyl sites for hydroxylation is 2. The number of thioether (sulfide) groups is 1. The van der Waals surface area contributed by atoms with Crippen LogP contribution in [0.4, 0.5) is 0 Å². The molecular weight excluding hydrogens is 230 g/mol. The van der Waals surface area contributed by atoms with Crippen LogP contribution in [-0.2, 0) is 7.05 Å². The van der Waals surface area contributed by atoms with Crippen molar-refractivity contribution >= 4 is 34.3 Å². The summed E-state index contributed by atoms with van der Waals surface area (Å²) in [6.07, 6.45) is 3.79. The quantitative estimate of drug-likeness (QED) is 0.331. The second-order valence-electron chi connectivity index (χ2n) is 3.25. The van der Waals surface area contributed by atoms with Gasteiger partial charge in [0.1, 0.15) is 5.15 Å². The first-order chi connectivity index (χ1) is 7.13. The SMILES string of the molecule is CSc1nc(C)[n+](C)c2cnc(Cl)cc12. The molecule has 2 aromatic rings. The molecule has 0 aliphatic rings. The van der Waals surface area contributed by atoms with E-state index in [1.54, 1.807) is 18.0 Å². The van der Waals surface area contributed by atoms with Crippen molar-refractivity contribution in [2.75, 3.05) is 6.26 Å². The van der Waals surface area contributed by atoms with Crippen LogP contribution in [0.1, 0.15) is 5.82 Å². The van der Waals surface area contributed by atoms with Crippen LogP contribution in [0, 0.1) is 6.92 Å². The fourth-order valence-electron chi connectivity index (χ4n) is 1.47. The van der Waals surface area contributed by atoms with Gasteiger partial charge in [-0.2, -0.15) is 0 Å². The highest BCUT2D eigenvalue weighted by Gasteiger charge is 2.16. The summed E-state index contributed by atoms with van der Waals surface area (Å²) < 4.78 is 2.01. The van der Waals surface area contributed by atoms with Crippen molar-refractivity contribution in [3.63, 3.8) is 0 Å². The zero-order valence-corrected chi connectivity index (χ0v) is 10.4. The van der Waals surface area contributed by atoms with E-state index in [-0.39, 0.29) is 0 Å². The number of halogens is 1. The van der Waals surface area contributed by atoms with Gasteiger partial charge in [-0.15, -0.1) is 0 Å². The van der Waals surface area contributed by atoms with Crippen LogP contribution in [0.3, 0.4) is 0 Å². The predicted molar refractivity (Wildman–Crippen MR) is 62.2 cm³/mol. The van der Waals surface area contributed by atoms with Gasteiger partial charge in [-0.05, 0) is 17.3 Å². The molecule has 2 rings (SSSR count). The van der Waals surface area contributed by atoms with E-state index >= 15 is 0 Å². The standard InChI is InChI=1S/C10H11ClN3S/c1-6-13-10(15-3)7-4-9(11)12-5-8(7)14(6)2/h4-5H,1-3H3/q+1. The van der Waals surface area contributed by atoms with Crippen molar-refractivity contribution in [1.29, 1.82) is 0 Å². The third kappa shape index (κ3) is 1.79. The lowest BCUT2D eigenvalue weighted by molar-refractivity contribution is -0.655. The van der Waals surface area contributed by atoms with E-state index in [9.17, 15) is 0 Å². The summed E-state index contributed by atoms with van der Waals surface area (Å²) in [4.78, 5) is 8.59. The van der Waals surface area contributed by atoms with E-state index in [2.05, 4.69) is 9.97 Å². The molecule has 2 aromatic heterocycles. The third-order valence-corrected chi connectivity index (χ3v) is 3.29. The van der Waals surface area contributed by atoms with Gasteiger partial charge in [-0.25, -0.2) is 9.55 Å². The van der Waals surface area contributed by atoms with Gasteiger partial charge in [0.05, 0.1) is 18.6 Å². The van der Waals surface area contributed by atoms with Crippen LogP contribution >= 0.6 is 23.4 Å². The Morgan fingerprint density at radius 3 is 2.87 bits per heavy atom. The Labute approximate surface area is 97.5 Å². The second-order valence-corrected chi connectivity index (χ2v) is 4.43. The topological polar surface area (TPSA) is 29.7 Å². The van der Waals surface area contributed by atoms with E-state index in [4.69, 9.17) is 11.6 Å². The first kappa shape index (κ1) is 10.6. The number of nitrogens with zero attached hydrogens (tertiary/aromatic N) is 3. The fourth-order valence-corrected chi connectivity index (χ4v) is 2.24. The van der Waals surface area contributed by atoms with Crippen molar-refractivity contribution in [2.24, 2.45) is 7.05 Å². The van der Waals surface area contributed by atoms with Gasteiger partial charge in [0, 0.05) is 6.92 Å². The lowest BCUT2D eigenvalue weighted by Gasteiger charge is -2.02. The molecule has 0 amide bonds. The van der Waals surface area contributed by atoms with Crippen LogP contribution in [0.25, 0.3) is 10.9 Å². The van der Waals surface area contributed by atoms with E-state index in [0.29, 0.717) is 5.15 Å². The molecule has 0 atom stereocenters. The summed E-state index contributed by atoms with van der Waals surface area (Å²) >= 11 is 7.50. The molecule has 0 saturated heterocycles. The van der Waals surface area contributed by atoms with Crippen molar-refractivity contribution in [2.45, 2.75) is 11.9 Å². The summed E-state index contributed by atoms with van der Waals surface area (Å²) in [6, 6.07) is 1.86. The van der Waals surface area contributed by atoms with Gasteiger partial charge >= 0.3 is 0 Å². The van der Waals surface area contributed by atoms with E-state index in [1.165, 1.54) is 0 Å². The van der Waals surface area contributed by atoms with E-state index in [1.807, 2.05) is 30.9 Å². The highest BCUT2D eigenvalue weighted by Crippen LogP contribution is 2.23. The predicted octanol–water partition coefficient (Wildman–Crippen LogP) is 2.14. The minimum absolute atomic E-state index is 0.503. The van der Waals surface area contributed by atoms with E-state index < -0.39 is 0 Å². The maximum atomic E-state index is 5.88. The molecule has 0 aromatic carbocycles. The minimum Gasteiger partial charge on any atom is -0.240 e. The van der Waals surface area contributed by atoms with Crippen molar-refractivity contribution in [3.8, 4) is 0 Å². The summed E-state index contributed by atoms with van der Waals surface area (Å²) in [5.41, 5.74) is 1.05. The second kappa shape index (κ2) is 3.94. The van der Waals surface area contributed by atoms with Gasteiger partial charge < -0.3 is 0 Å². The molecular formula is C10H11ClN3S+. The highest BCUT2D eigenvalue weighted by molar-refractivity contribution is 7.98. The summed E-state index contributed by atoms with van der Waals surface area (Å²) in [6.45, 7) is 1.98. The zero-order valence-electron chi connectivity index (χ0n) is 8.78. The summed E-state index contributed by atoms with van der Waals surface area (Å²) in [5.74, 6) is 0.968. The zero-order chi connectivity index (χ0) is 11.0. The molecule has 0 spiro atoms. The van der Waals surface area contributed by atoms with Crippen molar-refractivity contribution < 1.29 is 4.57 Å². The summed E-state index contributed by atoms with van der Waals surface area (Å²) in [7, 11) is 1.98. The number of rotatable bonds is 1. The smallest absolute Gasteiger partial charge is 0.240 e. The maximum Gasteiger partial charge on any atom is 0.296 e. The van der Waals surface area contributed by atoms with Gasteiger partial charge in [0.2, 0.25) is 5.03 Å². The monoisotopic (exact) mass is 240 g/mol. The molecule has 0 aliphatic carbocycles. The van der Waals surface area contributed by atoms with Crippen molar-refractivity contribution in [3.05, 3.63) is 23.2 Å². The fraction of sp³-hybridized carbons (Fsp3) is 0.300. The first-order valence-electron chi connectivity index (χ1n) is 4.49. The van der Waals surface area contributed by atoms with Crippen molar-refractivity contribution in [1.82, 2.24) is 9.97 Å². The number of aromatic nitrogens is 3. The van der Waals surface area contributed by atoms with Crippen LogP contribution in [0.5, 0.6) is 0 Å². The average Bonchev–Trinajstić information content (AvgIpc) is 2.23. The van der Waals surface area contributed by atoms with Gasteiger partial charge in [0.25, 0.3) is 5.82 Å². The molecule has 5 heteroatoms. The first-order valence-corrected chi connectivity index (χ1v) is 6.09. The van der Waals surface area contributed by atoms with Crippen LogP contribution in [0.2, 0.25) is 5.15 Å². The van der Waals surface area contributed by atoms with Crippen LogP contribution < -0.4 is 4.57 Å². The molecule has 0 saturated carbocycles. The van der Waals surface area contributed by atoms with Gasteiger partial charge in [-0.3, -0.25) is 0 Å². The van der Waals surface area contributed by atoms with Crippen LogP contribution in [-0.4, -0.2) is 16.2 Å². The minimum atomic E-state index is 0.503. The third-order valence-electron chi connectivity index (χ3n) is 2.38. The molecule has 0 N–H and O–H groups in total. The number of fused-ring (bicyclic) bond motifs is 1. The normalized spacial score (nSPS) is 10.9. The Morgan fingerprint density at radius 2 is 2.20 bits per heavy atom. The van der Waals surface area contributed by atoms with Gasteiger partial charge in [0.15, 0.2) is 5.52 Å².